The topological polar surface area (TPSA) is 47.6 Å². The van der Waals surface area contributed by atoms with Crippen LogP contribution in [-0.2, 0) is 4.74 Å². The van der Waals surface area contributed by atoms with E-state index in [2.05, 4.69) is 10.1 Å². The molecular weight excluding hydrogens is 251 g/mol. The van der Waals surface area contributed by atoms with Gasteiger partial charge in [-0.3, -0.25) is 5.32 Å². The molecule has 100 valence electrons. The summed E-state index contributed by atoms with van der Waals surface area (Å²) in [6, 6.07) is 6.38. The third-order valence-corrected chi connectivity index (χ3v) is 1.79. The number of halogens is 3. The van der Waals surface area contributed by atoms with E-state index in [-0.39, 0.29) is 5.69 Å². The van der Waals surface area contributed by atoms with E-state index in [9.17, 15) is 18.0 Å². The number of ether oxygens (including phenoxy) is 2. The van der Waals surface area contributed by atoms with Crippen molar-refractivity contribution in [2.75, 3.05) is 18.5 Å². The summed E-state index contributed by atoms with van der Waals surface area (Å²) in [5.41, 5.74) is 0.256. The molecule has 0 aliphatic carbocycles. The minimum Gasteiger partial charge on any atom is -0.492 e. The summed E-state index contributed by atoms with van der Waals surface area (Å²) < 4.78 is 44.7. The van der Waals surface area contributed by atoms with Gasteiger partial charge in [-0.2, -0.15) is 13.2 Å². The van der Waals surface area contributed by atoms with Crippen molar-refractivity contribution in [1.82, 2.24) is 0 Å². The number of benzene rings is 1. The first-order valence-corrected chi connectivity index (χ1v) is 5.14. The number of para-hydroxylation sites is 2. The molecule has 0 aliphatic heterocycles. The van der Waals surface area contributed by atoms with E-state index >= 15 is 0 Å². The highest BCUT2D eigenvalue weighted by Gasteiger charge is 2.29. The van der Waals surface area contributed by atoms with Crippen LogP contribution in [-0.4, -0.2) is 25.5 Å². The second-order valence-corrected chi connectivity index (χ2v) is 3.25. The second kappa shape index (κ2) is 6.13. The number of carbonyl (C=O) groups is 1. The summed E-state index contributed by atoms with van der Waals surface area (Å²) in [4.78, 5) is 11.1. The van der Waals surface area contributed by atoms with Crippen LogP contribution in [0.1, 0.15) is 6.92 Å². The van der Waals surface area contributed by atoms with Crippen molar-refractivity contribution in [3.8, 4) is 5.75 Å². The summed E-state index contributed by atoms with van der Waals surface area (Å²) >= 11 is 0. The van der Waals surface area contributed by atoms with Crippen LogP contribution in [0.5, 0.6) is 5.75 Å². The van der Waals surface area contributed by atoms with Gasteiger partial charge in [0.25, 0.3) is 0 Å². The lowest BCUT2D eigenvalue weighted by Crippen LogP contribution is -2.23. The molecule has 18 heavy (non-hydrogen) atoms. The first-order chi connectivity index (χ1) is 8.42. The molecule has 0 saturated heterocycles. The fourth-order valence-electron chi connectivity index (χ4n) is 1.14. The number of hydrogen-bond acceptors (Lipinski definition) is 3. The summed E-state index contributed by atoms with van der Waals surface area (Å²) in [6.07, 6.45) is -5.73. The Morgan fingerprint density at radius 2 is 2.00 bits per heavy atom. The zero-order chi connectivity index (χ0) is 13.6. The van der Waals surface area contributed by atoms with E-state index in [4.69, 9.17) is 4.74 Å². The molecule has 0 atom stereocenters. The lowest BCUT2D eigenvalue weighted by Gasteiger charge is -2.12. The van der Waals surface area contributed by atoms with Gasteiger partial charge in [0.15, 0.2) is 6.61 Å². The third kappa shape index (κ3) is 4.94. The van der Waals surface area contributed by atoms with Crippen LogP contribution in [0.4, 0.5) is 23.7 Å². The predicted octanol–water partition coefficient (Wildman–Crippen LogP) is 3.20. The number of amides is 1. The minimum atomic E-state index is -4.54. The molecule has 0 aromatic heterocycles. The molecular formula is C11H12F3NO3. The first-order valence-electron chi connectivity index (χ1n) is 5.14. The summed E-state index contributed by atoms with van der Waals surface area (Å²) in [5, 5.41) is 2.18. The van der Waals surface area contributed by atoms with Crippen molar-refractivity contribution >= 4 is 11.8 Å². The molecule has 0 aliphatic rings. The van der Waals surface area contributed by atoms with Crippen molar-refractivity contribution in [3.05, 3.63) is 24.3 Å². The Morgan fingerprint density at radius 1 is 1.33 bits per heavy atom. The Kier molecular flexibility index (Phi) is 4.82. The fraction of sp³-hybridized carbons (Fsp3) is 0.364. The smallest absolute Gasteiger partial charge is 0.422 e. The van der Waals surface area contributed by atoms with Gasteiger partial charge in [0.1, 0.15) is 5.75 Å². The number of nitrogens with one attached hydrogen (secondary N) is 1. The van der Waals surface area contributed by atoms with E-state index in [1.165, 1.54) is 6.07 Å². The van der Waals surface area contributed by atoms with Gasteiger partial charge in [-0.05, 0) is 19.1 Å². The number of alkyl halides is 3. The summed E-state index contributed by atoms with van der Waals surface area (Å²) in [6.45, 7) is 0.491. The van der Waals surface area contributed by atoms with Crippen molar-refractivity contribution < 1.29 is 27.4 Å². The Hall–Kier alpha value is -1.92. The maximum absolute atomic E-state index is 11.8. The maximum atomic E-state index is 11.8. The van der Waals surface area contributed by atoms with Crippen LogP contribution < -0.4 is 10.1 Å². The van der Waals surface area contributed by atoms with Crippen LogP contribution in [0.25, 0.3) is 0 Å². The first kappa shape index (κ1) is 14.1. The lowest BCUT2D eigenvalue weighted by atomic mass is 10.3. The molecule has 0 heterocycles. The molecule has 1 amide bonds. The summed E-state index contributed by atoms with van der Waals surface area (Å²) in [7, 11) is 0. The highest BCUT2D eigenvalue weighted by Crippen LogP contribution is 2.24. The molecule has 7 heteroatoms. The molecule has 1 aromatic rings. The van der Waals surface area contributed by atoms with Crippen molar-refractivity contribution in [2.45, 2.75) is 13.1 Å². The standard InChI is InChI=1S/C11H12F3NO3/c1-2-17-9-6-4-3-5-8(9)15-10(16)18-7-11(12,13)14/h3-6H,2,7H2,1H3,(H,15,16). The van der Waals surface area contributed by atoms with E-state index in [0.29, 0.717) is 12.4 Å². The quantitative estimate of drug-likeness (QED) is 0.907. The van der Waals surface area contributed by atoms with Crippen LogP contribution in [0, 0.1) is 0 Å². The molecule has 0 radical (unpaired) electrons. The minimum absolute atomic E-state index is 0.256. The van der Waals surface area contributed by atoms with E-state index < -0.39 is 18.9 Å². The van der Waals surface area contributed by atoms with Gasteiger partial charge < -0.3 is 9.47 Å². The van der Waals surface area contributed by atoms with Gasteiger partial charge in [0.2, 0.25) is 0 Å². The molecule has 1 N–H and O–H groups in total. The van der Waals surface area contributed by atoms with Crippen molar-refractivity contribution in [3.63, 3.8) is 0 Å². The Labute approximate surface area is 102 Å². The molecule has 1 rings (SSSR count). The van der Waals surface area contributed by atoms with Crippen LogP contribution >= 0.6 is 0 Å². The predicted molar refractivity (Wildman–Crippen MR) is 58.6 cm³/mol. The molecule has 0 unspecified atom stereocenters. The zero-order valence-electron chi connectivity index (χ0n) is 9.58. The fourth-order valence-corrected chi connectivity index (χ4v) is 1.14. The van der Waals surface area contributed by atoms with Gasteiger partial charge in [0.05, 0.1) is 12.3 Å². The normalized spacial score (nSPS) is 10.9. The molecule has 0 fully saturated rings. The van der Waals surface area contributed by atoms with Gasteiger partial charge in [-0.25, -0.2) is 4.79 Å². The van der Waals surface area contributed by atoms with E-state index in [0.717, 1.165) is 0 Å². The maximum Gasteiger partial charge on any atom is 0.422 e. The SMILES string of the molecule is CCOc1ccccc1NC(=O)OCC(F)(F)F. The highest BCUT2D eigenvalue weighted by atomic mass is 19.4. The van der Waals surface area contributed by atoms with Gasteiger partial charge in [0, 0.05) is 0 Å². The third-order valence-electron chi connectivity index (χ3n) is 1.79. The molecule has 4 nitrogen and oxygen atoms in total. The van der Waals surface area contributed by atoms with E-state index in [1.807, 2.05) is 0 Å². The average Bonchev–Trinajstić information content (AvgIpc) is 2.29. The van der Waals surface area contributed by atoms with E-state index in [1.54, 1.807) is 25.1 Å². The Balaban J connectivity index is 2.59. The van der Waals surface area contributed by atoms with Crippen LogP contribution in [0.15, 0.2) is 24.3 Å². The molecule has 0 spiro atoms. The van der Waals surface area contributed by atoms with Crippen LogP contribution in [0.3, 0.4) is 0 Å². The molecule has 0 bridgehead atoms. The second-order valence-electron chi connectivity index (χ2n) is 3.25. The van der Waals surface area contributed by atoms with Crippen LogP contribution in [0.2, 0.25) is 0 Å². The monoisotopic (exact) mass is 263 g/mol. The Bertz CT molecular complexity index is 407. The van der Waals surface area contributed by atoms with Gasteiger partial charge in [-0.15, -0.1) is 0 Å². The highest BCUT2D eigenvalue weighted by molar-refractivity contribution is 5.86. The largest absolute Gasteiger partial charge is 0.492 e. The molecule has 1 aromatic carbocycles. The lowest BCUT2D eigenvalue weighted by molar-refractivity contribution is -0.159. The average molecular weight is 263 g/mol. The number of rotatable bonds is 4. The summed E-state index contributed by atoms with van der Waals surface area (Å²) in [5.74, 6) is 0.365. The Morgan fingerprint density at radius 3 is 2.61 bits per heavy atom. The van der Waals surface area contributed by atoms with Crippen molar-refractivity contribution in [1.29, 1.82) is 0 Å². The zero-order valence-corrected chi connectivity index (χ0v) is 9.58. The van der Waals surface area contributed by atoms with Gasteiger partial charge in [-0.1, -0.05) is 12.1 Å². The molecule has 0 saturated carbocycles. The number of carbonyl (C=O) groups excluding carboxylic acids is 1. The number of anilines is 1. The number of hydrogen-bond donors (Lipinski definition) is 1. The van der Waals surface area contributed by atoms with Gasteiger partial charge >= 0.3 is 12.3 Å². The van der Waals surface area contributed by atoms with Crippen molar-refractivity contribution in [2.24, 2.45) is 0 Å².